The van der Waals surface area contributed by atoms with Crippen molar-refractivity contribution in [2.75, 3.05) is 6.54 Å². The number of pyridine rings is 1. The molecule has 0 aliphatic carbocycles. The number of hydrogen-bond acceptors (Lipinski definition) is 6. The number of likely N-dealkylation sites (tertiary alicyclic amines) is 1. The molecule has 4 rings (SSSR count). The van der Waals surface area contributed by atoms with E-state index in [0.717, 1.165) is 24.1 Å². The highest BCUT2D eigenvalue weighted by Crippen LogP contribution is 2.24. The number of nitrogens with zero attached hydrogens (tertiary/aromatic N) is 5. The van der Waals surface area contributed by atoms with Crippen molar-refractivity contribution in [1.29, 1.82) is 0 Å². The van der Waals surface area contributed by atoms with Gasteiger partial charge in [-0.2, -0.15) is 5.10 Å². The van der Waals surface area contributed by atoms with E-state index in [0.29, 0.717) is 23.7 Å². The van der Waals surface area contributed by atoms with Crippen molar-refractivity contribution in [3.63, 3.8) is 0 Å². The maximum Gasteiger partial charge on any atom is 0.266 e. The summed E-state index contributed by atoms with van der Waals surface area (Å²) in [7, 11) is 0. The van der Waals surface area contributed by atoms with E-state index in [1.165, 1.54) is 22.1 Å². The summed E-state index contributed by atoms with van der Waals surface area (Å²) < 4.78 is 1.46. The fraction of sp³-hybridized carbons (Fsp3) is 0.316. The quantitative estimate of drug-likeness (QED) is 0.693. The molecule has 8 heteroatoms. The van der Waals surface area contributed by atoms with E-state index in [2.05, 4.69) is 15.1 Å². The molecule has 0 N–H and O–H groups in total. The van der Waals surface area contributed by atoms with Crippen LogP contribution in [0.5, 0.6) is 0 Å². The Morgan fingerprint density at radius 2 is 2.22 bits per heavy atom. The molecular weight excluding hydrogens is 362 g/mol. The smallest absolute Gasteiger partial charge is 0.266 e. The van der Waals surface area contributed by atoms with Crippen LogP contribution < -0.4 is 5.56 Å². The van der Waals surface area contributed by atoms with Crippen LogP contribution in [-0.2, 0) is 6.54 Å². The zero-order valence-electron chi connectivity index (χ0n) is 14.9. The van der Waals surface area contributed by atoms with Gasteiger partial charge in [0.25, 0.3) is 11.5 Å². The lowest BCUT2D eigenvalue weighted by Crippen LogP contribution is -2.40. The zero-order chi connectivity index (χ0) is 18.8. The van der Waals surface area contributed by atoms with Gasteiger partial charge in [-0.25, -0.2) is 9.67 Å². The highest BCUT2D eigenvalue weighted by Gasteiger charge is 2.31. The molecular formula is C19H19N5O2S. The second-order valence-corrected chi connectivity index (χ2v) is 7.40. The third kappa shape index (κ3) is 3.52. The summed E-state index contributed by atoms with van der Waals surface area (Å²) in [5.74, 6) is -0.00559. The minimum Gasteiger partial charge on any atom is -0.333 e. The van der Waals surface area contributed by atoms with Gasteiger partial charge in [0.05, 0.1) is 29.5 Å². The number of hydrogen-bond donors (Lipinski definition) is 0. The molecule has 27 heavy (non-hydrogen) atoms. The Labute approximate surface area is 160 Å². The summed E-state index contributed by atoms with van der Waals surface area (Å²) in [6, 6.07) is 6.91. The van der Waals surface area contributed by atoms with E-state index >= 15 is 0 Å². The van der Waals surface area contributed by atoms with Crippen LogP contribution >= 0.6 is 11.3 Å². The van der Waals surface area contributed by atoms with Gasteiger partial charge in [-0.05, 0) is 38.0 Å². The molecule has 0 radical (unpaired) electrons. The minimum atomic E-state index is -0.170. The van der Waals surface area contributed by atoms with Crippen molar-refractivity contribution in [3.8, 4) is 11.3 Å². The lowest BCUT2D eigenvalue weighted by atomic mass is 10.2. The van der Waals surface area contributed by atoms with E-state index in [9.17, 15) is 9.59 Å². The Hall–Kier alpha value is -2.87. The Morgan fingerprint density at radius 1 is 1.33 bits per heavy atom. The summed E-state index contributed by atoms with van der Waals surface area (Å²) >= 11 is 1.36. The van der Waals surface area contributed by atoms with Gasteiger partial charge in [0, 0.05) is 30.6 Å². The van der Waals surface area contributed by atoms with Gasteiger partial charge in [-0.1, -0.05) is 0 Å². The van der Waals surface area contributed by atoms with E-state index < -0.39 is 0 Å². The molecule has 0 spiro atoms. The molecule has 1 fully saturated rings. The zero-order valence-corrected chi connectivity index (χ0v) is 15.7. The maximum atomic E-state index is 12.9. The third-order valence-corrected chi connectivity index (χ3v) is 5.70. The number of rotatable bonds is 4. The molecule has 1 amide bonds. The molecule has 3 aromatic heterocycles. The van der Waals surface area contributed by atoms with Gasteiger partial charge >= 0.3 is 0 Å². The van der Waals surface area contributed by atoms with Gasteiger partial charge in [0.15, 0.2) is 0 Å². The van der Waals surface area contributed by atoms with Crippen molar-refractivity contribution >= 4 is 17.2 Å². The van der Waals surface area contributed by atoms with Crippen molar-refractivity contribution in [2.24, 2.45) is 0 Å². The van der Waals surface area contributed by atoms with Gasteiger partial charge < -0.3 is 4.90 Å². The standard InChI is InChI=1S/C19H19N5O2S/c1-13-18(27-12-21-13)19(26)23-9-3-5-15(23)11-24-17(25)7-6-16(22-24)14-4-2-8-20-10-14/h2,4,6-8,10,12,15H,3,5,9,11H2,1H3. The molecule has 4 heterocycles. The number of aryl methyl sites for hydroxylation is 1. The number of carbonyl (C=O) groups excluding carboxylic acids is 1. The Kier molecular flexibility index (Phi) is 4.81. The van der Waals surface area contributed by atoms with E-state index in [4.69, 9.17) is 0 Å². The Morgan fingerprint density at radius 3 is 2.96 bits per heavy atom. The highest BCUT2D eigenvalue weighted by molar-refractivity contribution is 7.11. The van der Waals surface area contributed by atoms with E-state index in [-0.39, 0.29) is 17.5 Å². The van der Waals surface area contributed by atoms with E-state index in [1.807, 2.05) is 24.0 Å². The predicted octanol–water partition coefficient (Wildman–Crippen LogP) is 2.38. The molecule has 3 aromatic rings. The van der Waals surface area contributed by atoms with Crippen molar-refractivity contribution in [3.05, 3.63) is 63.1 Å². The average molecular weight is 381 g/mol. The molecule has 138 valence electrons. The normalized spacial score (nSPS) is 16.6. The molecule has 0 aromatic carbocycles. The van der Waals surface area contributed by atoms with Crippen LogP contribution in [0.25, 0.3) is 11.3 Å². The number of amides is 1. The number of thiazole rings is 1. The maximum absolute atomic E-state index is 12.9. The molecule has 1 unspecified atom stereocenters. The Bertz CT molecular complexity index is 1010. The molecule has 7 nitrogen and oxygen atoms in total. The Balaban J connectivity index is 1.59. The van der Waals surface area contributed by atoms with Crippen LogP contribution in [-0.4, -0.2) is 43.1 Å². The van der Waals surface area contributed by atoms with Crippen LogP contribution in [0.15, 0.2) is 47.0 Å². The molecule has 0 saturated carbocycles. The fourth-order valence-corrected chi connectivity index (χ4v) is 4.14. The van der Waals surface area contributed by atoms with Gasteiger partial charge in [-0.15, -0.1) is 11.3 Å². The average Bonchev–Trinajstić information content (AvgIpc) is 3.32. The van der Waals surface area contributed by atoms with Crippen LogP contribution in [0, 0.1) is 6.92 Å². The molecule has 0 bridgehead atoms. The van der Waals surface area contributed by atoms with Crippen molar-refractivity contribution in [2.45, 2.75) is 32.4 Å². The topological polar surface area (TPSA) is 81.0 Å². The summed E-state index contributed by atoms with van der Waals surface area (Å²) in [6.07, 6.45) is 5.19. The summed E-state index contributed by atoms with van der Waals surface area (Å²) in [4.78, 5) is 36.0. The minimum absolute atomic E-state index is 0.00559. The number of aromatic nitrogens is 4. The number of carbonyl (C=O) groups is 1. The lowest BCUT2D eigenvalue weighted by molar-refractivity contribution is 0.0724. The predicted molar refractivity (Wildman–Crippen MR) is 103 cm³/mol. The SMILES string of the molecule is Cc1ncsc1C(=O)N1CCCC1Cn1nc(-c2cccnc2)ccc1=O. The summed E-state index contributed by atoms with van der Waals surface area (Å²) in [6.45, 7) is 2.92. The van der Waals surface area contributed by atoms with Gasteiger partial charge in [-0.3, -0.25) is 14.6 Å². The first-order valence-corrected chi connectivity index (χ1v) is 9.71. The third-order valence-electron chi connectivity index (χ3n) is 4.79. The first kappa shape index (κ1) is 17.5. The van der Waals surface area contributed by atoms with Crippen LogP contribution in [0.3, 0.4) is 0 Å². The highest BCUT2D eigenvalue weighted by atomic mass is 32.1. The van der Waals surface area contributed by atoms with E-state index in [1.54, 1.807) is 24.0 Å². The molecule has 1 atom stereocenters. The first-order valence-electron chi connectivity index (χ1n) is 8.83. The van der Waals surface area contributed by atoms with Gasteiger partial charge in [0.1, 0.15) is 4.88 Å². The fourth-order valence-electron chi connectivity index (χ4n) is 3.38. The summed E-state index contributed by atoms with van der Waals surface area (Å²) in [5, 5.41) is 4.50. The molecule has 1 aliphatic heterocycles. The van der Waals surface area contributed by atoms with Crippen LogP contribution in [0.2, 0.25) is 0 Å². The van der Waals surface area contributed by atoms with Crippen LogP contribution in [0.1, 0.15) is 28.2 Å². The first-order chi connectivity index (χ1) is 13.1. The second kappa shape index (κ2) is 7.40. The molecule has 1 aliphatic rings. The molecule has 1 saturated heterocycles. The van der Waals surface area contributed by atoms with Crippen molar-refractivity contribution in [1.82, 2.24) is 24.6 Å². The second-order valence-electron chi connectivity index (χ2n) is 6.54. The van der Waals surface area contributed by atoms with Crippen LogP contribution in [0.4, 0.5) is 0 Å². The largest absolute Gasteiger partial charge is 0.333 e. The summed E-state index contributed by atoms with van der Waals surface area (Å²) in [5.41, 5.74) is 3.82. The van der Waals surface area contributed by atoms with Gasteiger partial charge in [0.2, 0.25) is 0 Å². The van der Waals surface area contributed by atoms with Crippen molar-refractivity contribution < 1.29 is 4.79 Å². The lowest BCUT2D eigenvalue weighted by Gasteiger charge is -2.24. The monoisotopic (exact) mass is 381 g/mol.